The third kappa shape index (κ3) is 3.71. The first kappa shape index (κ1) is 16.4. The second kappa shape index (κ2) is 7.40. The minimum Gasteiger partial charge on any atom is -0.367 e. The molecule has 1 aromatic carbocycles. The van der Waals surface area contributed by atoms with Gasteiger partial charge in [0, 0.05) is 25.3 Å². The average Bonchev–Trinajstić information content (AvgIpc) is 2.61. The molecule has 0 spiro atoms. The standard InChI is InChI=1S/C18H23N5O/c1-22(2)13-11-19-17-10-9-15(20-21-17)18(24)23-12-5-7-14-6-3-4-8-16(14)23/h3-4,6,8-10H,5,7,11-13H2,1-2H3,(H,19,21). The van der Waals surface area contributed by atoms with Crippen molar-refractivity contribution in [3.05, 3.63) is 47.7 Å². The van der Waals surface area contributed by atoms with Crippen molar-refractivity contribution in [3.63, 3.8) is 0 Å². The van der Waals surface area contributed by atoms with E-state index in [1.807, 2.05) is 43.3 Å². The Labute approximate surface area is 142 Å². The van der Waals surface area contributed by atoms with E-state index < -0.39 is 0 Å². The van der Waals surface area contributed by atoms with Crippen LogP contribution >= 0.6 is 0 Å². The molecule has 6 heteroatoms. The number of aryl methyl sites for hydroxylation is 1. The highest BCUT2D eigenvalue weighted by molar-refractivity contribution is 6.05. The van der Waals surface area contributed by atoms with Crippen LogP contribution in [0, 0.1) is 0 Å². The quantitative estimate of drug-likeness (QED) is 0.911. The number of fused-ring (bicyclic) bond motifs is 1. The molecule has 1 aromatic heterocycles. The fourth-order valence-electron chi connectivity index (χ4n) is 2.83. The van der Waals surface area contributed by atoms with E-state index in [9.17, 15) is 4.79 Å². The lowest BCUT2D eigenvalue weighted by Crippen LogP contribution is -2.36. The molecule has 1 aliphatic rings. The first-order valence-electron chi connectivity index (χ1n) is 8.27. The zero-order chi connectivity index (χ0) is 16.9. The molecule has 2 aromatic rings. The van der Waals surface area contributed by atoms with E-state index in [4.69, 9.17) is 0 Å². The summed E-state index contributed by atoms with van der Waals surface area (Å²) in [6.45, 7) is 2.42. The number of aromatic nitrogens is 2. The first-order chi connectivity index (χ1) is 11.6. The van der Waals surface area contributed by atoms with Crippen LogP contribution in [0.4, 0.5) is 11.5 Å². The van der Waals surface area contributed by atoms with Crippen molar-refractivity contribution in [2.45, 2.75) is 12.8 Å². The number of amides is 1. The normalized spacial score (nSPS) is 13.7. The van der Waals surface area contributed by atoms with Gasteiger partial charge in [-0.25, -0.2) is 0 Å². The van der Waals surface area contributed by atoms with Gasteiger partial charge in [0.2, 0.25) is 0 Å². The Bertz CT molecular complexity index is 699. The predicted molar refractivity (Wildman–Crippen MR) is 95.5 cm³/mol. The minimum absolute atomic E-state index is 0.0884. The number of nitrogens with one attached hydrogen (secondary N) is 1. The molecule has 0 bridgehead atoms. The van der Waals surface area contributed by atoms with E-state index in [2.05, 4.69) is 26.5 Å². The lowest BCUT2D eigenvalue weighted by molar-refractivity contribution is 0.0979. The summed E-state index contributed by atoms with van der Waals surface area (Å²) in [4.78, 5) is 16.7. The van der Waals surface area contributed by atoms with Crippen molar-refractivity contribution < 1.29 is 4.79 Å². The number of para-hydroxylation sites is 1. The Morgan fingerprint density at radius 1 is 1.21 bits per heavy atom. The van der Waals surface area contributed by atoms with Gasteiger partial charge in [-0.3, -0.25) is 4.79 Å². The molecular formula is C18H23N5O. The van der Waals surface area contributed by atoms with E-state index in [0.29, 0.717) is 11.5 Å². The molecule has 3 rings (SSSR count). The van der Waals surface area contributed by atoms with Crippen LogP contribution in [0.15, 0.2) is 36.4 Å². The molecular weight excluding hydrogens is 302 g/mol. The van der Waals surface area contributed by atoms with Gasteiger partial charge in [0.05, 0.1) is 0 Å². The van der Waals surface area contributed by atoms with Gasteiger partial charge in [0.1, 0.15) is 5.82 Å². The van der Waals surface area contributed by atoms with Crippen molar-refractivity contribution in [3.8, 4) is 0 Å². The first-order valence-corrected chi connectivity index (χ1v) is 8.27. The van der Waals surface area contributed by atoms with Gasteiger partial charge < -0.3 is 15.1 Å². The summed E-state index contributed by atoms with van der Waals surface area (Å²) in [5.74, 6) is 0.599. The van der Waals surface area contributed by atoms with E-state index >= 15 is 0 Å². The summed E-state index contributed by atoms with van der Waals surface area (Å²) in [6, 6.07) is 11.6. The highest BCUT2D eigenvalue weighted by atomic mass is 16.2. The number of nitrogens with zero attached hydrogens (tertiary/aromatic N) is 4. The molecule has 0 saturated carbocycles. The summed E-state index contributed by atoms with van der Waals surface area (Å²) >= 11 is 0. The minimum atomic E-state index is -0.0884. The molecule has 1 N–H and O–H groups in total. The molecule has 126 valence electrons. The molecule has 24 heavy (non-hydrogen) atoms. The number of rotatable bonds is 5. The van der Waals surface area contributed by atoms with Crippen LogP contribution in [-0.4, -0.2) is 54.7 Å². The smallest absolute Gasteiger partial charge is 0.278 e. The van der Waals surface area contributed by atoms with E-state index in [-0.39, 0.29) is 5.91 Å². The van der Waals surface area contributed by atoms with Crippen LogP contribution in [0.5, 0.6) is 0 Å². The number of hydrogen-bond donors (Lipinski definition) is 1. The molecule has 0 radical (unpaired) electrons. The maximum absolute atomic E-state index is 12.8. The van der Waals surface area contributed by atoms with E-state index in [1.165, 1.54) is 5.56 Å². The van der Waals surface area contributed by atoms with Crippen LogP contribution in [0.2, 0.25) is 0 Å². The number of hydrogen-bond acceptors (Lipinski definition) is 5. The fraction of sp³-hybridized carbons (Fsp3) is 0.389. The Kier molecular flexibility index (Phi) is 5.05. The number of likely N-dealkylation sites (N-methyl/N-ethyl adjacent to an activating group) is 1. The molecule has 2 heterocycles. The van der Waals surface area contributed by atoms with Gasteiger partial charge in [-0.1, -0.05) is 18.2 Å². The van der Waals surface area contributed by atoms with Crippen LogP contribution in [0.1, 0.15) is 22.5 Å². The molecule has 0 saturated heterocycles. The third-order valence-corrected chi connectivity index (χ3v) is 4.10. The summed E-state index contributed by atoms with van der Waals surface area (Å²) < 4.78 is 0. The maximum atomic E-state index is 12.8. The third-order valence-electron chi connectivity index (χ3n) is 4.10. The van der Waals surface area contributed by atoms with E-state index in [0.717, 1.165) is 38.2 Å². The van der Waals surface area contributed by atoms with E-state index in [1.54, 1.807) is 6.07 Å². The zero-order valence-electron chi connectivity index (χ0n) is 14.2. The Balaban J connectivity index is 1.70. The summed E-state index contributed by atoms with van der Waals surface area (Å²) in [5.41, 5.74) is 2.58. The summed E-state index contributed by atoms with van der Waals surface area (Å²) in [6.07, 6.45) is 1.99. The second-order valence-corrected chi connectivity index (χ2v) is 6.22. The largest absolute Gasteiger partial charge is 0.367 e. The van der Waals surface area contributed by atoms with Crippen LogP contribution < -0.4 is 10.2 Å². The summed E-state index contributed by atoms with van der Waals surface area (Å²) in [5, 5.41) is 11.4. The van der Waals surface area contributed by atoms with Crippen LogP contribution in [0.3, 0.4) is 0 Å². The second-order valence-electron chi connectivity index (χ2n) is 6.22. The maximum Gasteiger partial charge on any atom is 0.278 e. The van der Waals surface area contributed by atoms with Gasteiger partial charge >= 0.3 is 0 Å². The van der Waals surface area contributed by atoms with Gasteiger partial charge in [-0.05, 0) is 50.7 Å². The molecule has 0 atom stereocenters. The zero-order valence-corrected chi connectivity index (χ0v) is 14.2. The Hall–Kier alpha value is -2.47. The number of carbonyl (C=O) groups is 1. The van der Waals surface area contributed by atoms with Crippen LogP contribution in [-0.2, 0) is 6.42 Å². The number of benzene rings is 1. The van der Waals surface area contributed by atoms with Crippen molar-refractivity contribution in [2.75, 3.05) is 43.9 Å². The monoisotopic (exact) mass is 325 g/mol. The lowest BCUT2D eigenvalue weighted by Gasteiger charge is -2.29. The average molecular weight is 325 g/mol. The highest BCUT2D eigenvalue weighted by Gasteiger charge is 2.24. The fourth-order valence-corrected chi connectivity index (χ4v) is 2.83. The van der Waals surface area contributed by atoms with Gasteiger partial charge in [-0.2, -0.15) is 0 Å². The lowest BCUT2D eigenvalue weighted by atomic mass is 10.0. The van der Waals surface area contributed by atoms with Gasteiger partial charge in [-0.15, -0.1) is 10.2 Å². The number of anilines is 2. The molecule has 0 unspecified atom stereocenters. The molecule has 0 aliphatic carbocycles. The molecule has 1 amide bonds. The molecule has 6 nitrogen and oxygen atoms in total. The molecule has 0 fully saturated rings. The highest BCUT2D eigenvalue weighted by Crippen LogP contribution is 2.27. The van der Waals surface area contributed by atoms with Crippen molar-refractivity contribution in [1.82, 2.24) is 15.1 Å². The van der Waals surface area contributed by atoms with Gasteiger partial charge in [0.25, 0.3) is 5.91 Å². The van der Waals surface area contributed by atoms with Crippen molar-refractivity contribution in [1.29, 1.82) is 0 Å². The predicted octanol–water partition coefficient (Wildman–Crippen LogP) is 2.04. The van der Waals surface area contributed by atoms with Gasteiger partial charge in [0.15, 0.2) is 5.69 Å². The number of carbonyl (C=O) groups excluding carboxylic acids is 1. The Morgan fingerprint density at radius 3 is 2.79 bits per heavy atom. The van der Waals surface area contributed by atoms with Crippen LogP contribution in [0.25, 0.3) is 0 Å². The Morgan fingerprint density at radius 2 is 2.04 bits per heavy atom. The van der Waals surface area contributed by atoms with Crippen molar-refractivity contribution in [2.24, 2.45) is 0 Å². The topological polar surface area (TPSA) is 61.4 Å². The van der Waals surface area contributed by atoms with Crippen molar-refractivity contribution >= 4 is 17.4 Å². The molecule has 1 aliphatic heterocycles. The summed E-state index contributed by atoms with van der Waals surface area (Å²) in [7, 11) is 4.04. The SMILES string of the molecule is CN(C)CCNc1ccc(C(=O)N2CCCc3ccccc32)nn1.